The number of hydrogen-bond donors (Lipinski definition) is 1. The fraction of sp³-hybridized carbons (Fsp3) is 1.00. The standard InChI is InChI=1S/C15H31NOS/c1-6-15(4,5)12-9-10-13(16-7-2)14(11-12)18(17)8-3/h12-14,16H,6-11H2,1-5H3. The van der Waals surface area contributed by atoms with Crippen LogP contribution in [-0.2, 0) is 10.8 Å². The molecule has 3 heteroatoms. The molecule has 18 heavy (non-hydrogen) atoms. The first kappa shape index (κ1) is 16.2. The van der Waals surface area contributed by atoms with Crippen molar-refractivity contribution in [1.29, 1.82) is 0 Å². The van der Waals surface area contributed by atoms with E-state index in [1.54, 1.807) is 0 Å². The Bertz CT molecular complexity index is 278. The molecular weight excluding hydrogens is 242 g/mol. The molecule has 0 amide bonds. The van der Waals surface area contributed by atoms with Crippen LogP contribution in [0.2, 0.25) is 0 Å². The maximum Gasteiger partial charge on any atom is 0.0503 e. The predicted molar refractivity (Wildman–Crippen MR) is 81.3 cm³/mol. The summed E-state index contributed by atoms with van der Waals surface area (Å²) in [7, 11) is -0.665. The Labute approximate surface area is 116 Å². The van der Waals surface area contributed by atoms with Crippen LogP contribution in [0.3, 0.4) is 0 Å². The van der Waals surface area contributed by atoms with E-state index in [1.165, 1.54) is 19.3 Å². The Morgan fingerprint density at radius 3 is 2.39 bits per heavy atom. The molecule has 1 aliphatic carbocycles. The summed E-state index contributed by atoms with van der Waals surface area (Å²) in [5.41, 5.74) is 0.396. The summed E-state index contributed by atoms with van der Waals surface area (Å²) < 4.78 is 12.3. The Morgan fingerprint density at radius 1 is 1.22 bits per heavy atom. The van der Waals surface area contributed by atoms with Crippen LogP contribution in [-0.4, -0.2) is 27.8 Å². The molecule has 4 unspecified atom stereocenters. The van der Waals surface area contributed by atoms with Crippen molar-refractivity contribution >= 4 is 10.8 Å². The molecule has 4 atom stereocenters. The molecule has 0 saturated heterocycles. The highest BCUT2D eigenvalue weighted by atomic mass is 32.2. The lowest BCUT2D eigenvalue weighted by atomic mass is 9.68. The van der Waals surface area contributed by atoms with E-state index in [1.807, 2.05) is 6.92 Å². The molecule has 1 N–H and O–H groups in total. The number of rotatable bonds is 6. The van der Waals surface area contributed by atoms with Crippen LogP contribution in [0.15, 0.2) is 0 Å². The van der Waals surface area contributed by atoms with Crippen LogP contribution in [0, 0.1) is 11.3 Å². The van der Waals surface area contributed by atoms with Crippen LogP contribution in [0.4, 0.5) is 0 Å². The number of hydrogen-bond acceptors (Lipinski definition) is 2. The van der Waals surface area contributed by atoms with Crippen molar-refractivity contribution in [2.75, 3.05) is 12.3 Å². The molecule has 1 rings (SSSR count). The van der Waals surface area contributed by atoms with Gasteiger partial charge in [0.05, 0.1) is 5.25 Å². The molecule has 2 nitrogen and oxygen atoms in total. The quantitative estimate of drug-likeness (QED) is 0.804. The maximum absolute atomic E-state index is 12.3. The van der Waals surface area contributed by atoms with Gasteiger partial charge in [-0.2, -0.15) is 0 Å². The van der Waals surface area contributed by atoms with Gasteiger partial charge in [-0.1, -0.05) is 41.0 Å². The van der Waals surface area contributed by atoms with Gasteiger partial charge in [0.2, 0.25) is 0 Å². The third-order valence-corrected chi connectivity index (χ3v) is 6.66. The molecule has 0 spiro atoms. The minimum atomic E-state index is -0.665. The zero-order chi connectivity index (χ0) is 13.8. The second-order valence-corrected chi connectivity index (χ2v) is 8.17. The summed E-state index contributed by atoms with van der Waals surface area (Å²) >= 11 is 0. The normalized spacial score (nSPS) is 31.3. The molecule has 0 aromatic heterocycles. The van der Waals surface area contributed by atoms with E-state index in [0.29, 0.717) is 16.7 Å². The van der Waals surface area contributed by atoms with Gasteiger partial charge in [0, 0.05) is 22.6 Å². The molecule has 0 aromatic rings. The summed E-state index contributed by atoms with van der Waals surface area (Å²) in [6, 6.07) is 0.472. The molecule has 1 aliphatic rings. The molecule has 0 heterocycles. The molecule has 0 bridgehead atoms. The first-order valence-corrected chi connectivity index (χ1v) is 8.95. The average molecular weight is 273 g/mol. The van der Waals surface area contributed by atoms with Crippen molar-refractivity contribution in [2.24, 2.45) is 11.3 Å². The molecule has 1 saturated carbocycles. The van der Waals surface area contributed by atoms with Crippen LogP contribution >= 0.6 is 0 Å². The zero-order valence-electron chi connectivity index (χ0n) is 12.8. The van der Waals surface area contributed by atoms with Gasteiger partial charge < -0.3 is 5.32 Å². The Morgan fingerprint density at radius 2 is 1.89 bits per heavy atom. The molecule has 0 aromatic carbocycles. The highest BCUT2D eigenvalue weighted by Crippen LogP contribution is 2.41. The lowest BCUT2D eigenvalue weighted by Crippen LogP contribution is -2.48. The largest absolute Gasteiger partial charge is 0.313 e. The summed E-state index contributed by atoms with van der Waals surface area (Å²) in [6.45, 7) is 12.2. The lowest BCUT2D eigenvalue weighted by molar-refractivity contribution is 0.140. The van der Waals surface area contributed by atoms with Crippen molar-refractivity contribution < 1.29 is 4.21 Å². The van der Waals surface area contributed by atoms with Crippen molar-refractivity contribution in [3.8, 4) is 0 Å². The van der Waals surface area contributed by atoms with Gasteiger partial charge in [-0.05, 0) is 37.1 Å². The first-order chi connectivity index (χ1) is 8.46. The SMILES string of the molecule is CCNC1CCC(C(C)(C)CC)CC1S(=O)CC. The smallest absolute Gasteiger partial charge is 0.0503 e. The Hall–Kier alpha value is 0.110. The average Bonchev–Trinajstić information content (AvgIpc) is 2.38. The number of nitrogens with one attached hydrogen (secondary N) is 1. The predicted octanol–water partition coefficient (Wildman–Crippen LogP) is 3.34. The Balaban J connectivity index is 2.76. The van der Waals surface area contributed by atoms with E-state index < -0.39 is 10.8 Å². The van der Waals surface area contributed by atoms with E-state index in [4.69, 9.17) is 0 Å². The van der Waals surface area contributed by atoms with E-state index in [-0.39, 0.29) is 0 Å². The second-order valence-electron chi connectivity index (χ2n) is 6.22. The minimum absolute atomic E-state index is 0.361. The van der Waals surface area contributed by atoms with Crippen LogP contribution in [0.1, 0.15) is 60.3 Å². The van der Waals surface area contributed by atoms with Gasteiger partial charge in [-0.3, -0.25) is 4.21 Å². The van der Waals surface area contributed by atoms with Crippen molar-refractivity contribution in [1.82, 2.24) is 5.32 Å². The summed E-state index contributed by atoms with van der Waals surface area (Å²) in [5, 5.41) is 3.91. The summed E-state index contributed by atoms with van der Waals surface area (Å²) in [6.07, 6.45) is 4.84. The molecule has 1 fully saturated rings. The second kappa shape index (κ2) is 7.04. The summed E-state index contributed by atoms with van der Waals surface area (Å²) in [4.78, 5) is 0. The van der Waals surface area contributed by atoms with Crippen molar-refractivity contribution in [3.05, 3.63) is 0 Å². The van der Waals surface area contributed by atoms with E-state index in [2.05, 4.69) is 33.0 Å². The van der Waals surface area contributed by atoms with E-state index in [0.717, 1.165) is 24.6 Å². The minimum Gasteiger partial charge on any atom is -0.313 e. The van der Waals surface area contributed by atoms with Gasteiger partial charge in [0.15, 0.2) is 0 Å². The molecular formula is C15H31NOS. The third-order valence-electron chi connectivity index (χ3n) is 4.90. The first-order valence-electron chi connectivity index (χ1n) is 7.56. The van der Waals surface area contributed by atoms with Crippen LogP contribution < -0.4 is 5.32 Å². The fourth-order valence-electron chi connectivity index (χ4n) is 3.13. The van der Waals surface area contributed by atoms with Gasteiger partial charge in [-0.25, -0.2) is 0 Å². The Kier molecular flexibility index (Phi) is 6.32. The molecule has 108 valence electrons. The zero-order valence-corrected chi connectivity index (χ0v) is 13.6. The van der Waals surface area contributed by atoms with E-state index >= 15 is 0 Å². The van der Waals surface area contributed by atoms with Gasteiger partial charge in [0.1, 0.15) is 0 Å². The van der Waals surface area contributed by atoms with Crippen molar-refractivity contribution in [3.63, 3.8) is 0 Å². The van der Waals surface area contributed by atoms with Gasteiger partial charge in [0.25, 0.3) is 0 Å². The van der Waals surface area contributed by atoms with Gasteiger partial charge in [-0.15, -0.1) is 0 Å². The van der Waals surface area contributed by atoms with E-state index in [9.17, 15) is 4.21 Å². The maximum atomic E-state index is 12.3. The highest BCUT2D eigenvalue weighted by molar-refractivity contribution is 7.85. The highest BCUT2D eigenvalue weighted by Gasteiger charge is 2.38. The van der Waals surface area contributed by atoms with Gasteiger partial charge >= 0.3 is 0 Å². The fourth-order valence-corrected chi connectivity index (χ4v) is 4.60. The van der Waals surface area contributed by atoms with Crippen molar-refractivity contribution in [2.45, 2.75) is 71.6 Å². The summed E-state index contributed by atoms with van der Waals surface area (Å²) in [5.74, 6) is 1.53. The third kappa shape index (κ3) is 3.80. The molecule has 0 aliphatic heterocycles. The monoisotopic (exact) mass is 273 g/mol. The van der Waals surface area contributed by atoms with Crippen LogP contribution in [0.25, 0.3) is 0 Å². The molecule has 0 radical (unpaired) electrons. The lowest BCUT2D eigenvalue weighted by Gasteiger charge is -2.43. The topological polar surface area (TPSA) is 29.1 Å². The van der Waals surface area contributed by atoms with Crippen LogP contribution in [0.5, 0.6) is 0 Å².